The topological polar surface area (TPSA) is 66.8 Å². The second kappa shape index (κ2) is 4.32. The Balaban J connectivity index is 2.58. The molecule has 0 heterocycles. The second-order valence-electron chi connectivity index (χ2n) is 4.09. The molecule has 0 aromatic rings. The summed E-state index contributed by atoms with van der Waals surface area (Å²) < 4.78 is 4.87. The van der Waals surface area contributed by atoms with Crippen LogP contribution in [0.1, 0.15) is 20.8 Å². The molecule has 0 amide bonds. The van der Waals surface area contributed by atoms with E-state index in [2.05, 4.69) is 0 Å². The van der Waals surface area contributed by atoms with E-state index in [1.165, 1.54) is 0 Å². The molecule has 1 aliphatic rings. The van der Waals surface area contributed by atoms with Crippen molar-refractivity contribution in [3.8, 4) is 0 Å². The summed E-state index contributed by atoms with van der Waals surface area (Å²) in [5.74, 6) is -0.640. The standard InChI is InChI=1S/C9H17BO4/c1-4-14-9(11)7-6(5(2)3)8(7)10(12)13/h5-8,12-13H,4H2,1-3H3. The van der Waals surface area contributed by atoms with Gasteiger partial charge in [-0.15, -0.1) is 0 Å². The molecule has 1 rings (SSSR count). The lowest BCUT2D eigenvalue weighted by Gasteiger charge is -2.02. The third-order valence-corrected chi connectivity index (χ3v) is 2.81. The summed E-state index contributed by atoms with van der Waals surface area (Å²) in [4.78, 5) is 11.4. The van der Waals surface area contributed by atoms with Crippen LogP contribution < -0.4 is 0 Å². The monoisotopic (exact) mass is 200 g/mol. The normalized spacial score (nSPS) is 30.3. The molecule has 1 aliphatic carbocycles. The van der Waals surface area contributed by atoms with Gasteiger partial charge in [-0.3, -0.25) is 4.79 Å². The van der Waals surface area contributed by atoms with E-state index < -0.39 is 7.12 Å². The summed E-state index contributed by atoms with van der Waals surface area (Å²) in [7, 11) is -1.41. The highest BCUT2D eigenvalue weighted by Crippen LogP contribution is 2.57. The van der Waals surface area contributed by atoms with Gasteiger partial charge in [-0.25, -0.2) is 0 Å². The van der Waals surface area contributed by atoms with E-state index in [0.29, 0.717) is 6.61 Å². The third kappa shape index (κ3) is 2.09. The maximum absolute atomic E-state index is 11.4. The van der Waals surface area contributed by atoms with Crippen LogP contribution in [0.2, 0.25) is 5.82 Å². The Morgan fingerprint density at radius 3 is 2.36 bits per heavy atom. The van der Waals surface area contributed by atoms with Gasteiger partial charge in [0.05, 0.1) is 12.5 Å². The smallest absolute Gasteiger partial charge is 0.455 e. The maximum Gasteiger partial charge on any atom is 0.455 e. The van der Waals surface area contributed by atoms with Gasteiger partial charge >= 0.3 is 13.1 Å². The first-order valence-electron chi connectivity index (χ1n) is 5.03. The van der Waals surface area contributed by atoms with Gasteiger partial charge < -0.3 is 14.8 Å². The zero-order chi connectivity index (χ0) is 10.9. The Morgan fingerprint density at radius 1 is 1.50 bits per heavy atom. The molecule has 0 aromatic carbocycles. The van der Waals surface area contributed by atoms with Gasteiger partial charge in [-0.1, -0.05) is 13.8 Å². The summed E-state index contributed by atoms with van der Waals surface area (Å²) in [6.07, 6.45) is 0. The number of esters is 1. The first kappa shape index (κ1) is 11.5. The molecule has 0 radical (unpaired) electrons. The molecule has 0 saturated heterocycles. The molecule has 3 atom stereocenters. The van der Waals surface area contributed by atoms with Crippen molar-refractivity contribution in [1.82, 2.24) is 0 Å². The van der Waals surface area contributed by atoms with Gasteiger partial charge in [-0.2, -0.15) is 0 Å². The summed E-state index contributed by atoms with van der Waals surface area (Å²) in [6.45, 7) is 6.03. The van der Waals surface area contributed by atoms with E-state index in [1.807, 2.05) is 13.8 Å². The molecule has 5 heteroatoms. The molecular weight excluding hydrogens is 183 g/mol. The number of carbonyl (C=O) groups is 1. The van der Waals surface area contributed by atoms with Crippen LogP contribution in [0, 0.1) is 17.8 Å². The summed E-state index contributed by atoms with van der Waals surface area (Å²) in [5.41, 5.74) is 0. The highest BCUT2D eigenvalue weighted by Gasteiger charge is 2.61. The van der Waals surface area contributed by atoms with Crippen molar-refractivity contribution in [3.63, 3.8) is 0 Å². The zero-order valence-electron chi connectivity index (χ0n) is 8.80. The number of hydrogen-bond acceptors (Lipinski definition) is 4. The van der Waals surface area contributed by atoms with E-state index in [9.17, 15) is 4.79 Å². The van der Waals surface area contributed by atoms with Crippen LogP contribution in [0.15, 0.2) is 0 Å². The largest absolute Gasteiger partial charge is 0.466 e. The molecule has 1 fully saturated rings. The highest BCUT2D eigenvalue weighted by atomic mass is 16.5. The van der Waals surface area contributed by atoms with Gasteiger partial charge in [0.15, 0.2) is 0 Å². The van der Waals surface area contributed by atoms with Crippen LogP contribution in [0.4, 0.5) is 0 Å². The fourth-order valence-corrected chi connectivity index (χ4v) is 2.16. The van der Waals surface area contributed by atoms with Crippen LogP contribution in [-0.4, -0.2) is 29.7 Å². The van der Waals surface area contributed by atoms with E-state index in [0.717, 1.165) is 0 Å². The van der Waals surface area contributed by atoms with Crippen molar-refractivity contribution in [3.05, 3.63) is 0 Å². The maximum atomic E-state index is 11.4. The molecule has 1 saturated carbocycles. The summed E-state index contributed by atoms with van der Waals surface area (Å²) >= 11 is 0. The van der Waals surface area contributed by atoms with Crippen LogP contribution in [0.25, 0.3) is 0 Å². The molecule has 0 aromatic heterocycles. The Morgan fingerprint density at radius 2 is 2.07 bits per heavy atom. The number of ether oxygens (including phenoxy) is 1. The Bertz CT molecular complexity index is 203. The molecule has 4 nitrogen and oxygen atoms in total. The lowest BCUT2D eigenvalue weighted by Crippen LogP contribution is -2.15. The predicted octanol–water partition coefficient (Wildman–Crippen LogP) is 0.294. The first-order valence-corrected chi connectivity index (χ1v) is 5.03. The van der Waals surface area contributed by atoms with E-state index >= 15 is 0 Å². The Kier molecular flexibility index (Phi) is 3.56. The minimum Gasteiger partial charge on any atom is -0.466 e. The average molecular weight is 200 g/mol. The average Bonchev–Trinajstić information content (AvgIpc) is 2.78. The minimum absolute atomic E-state index is 0.0500. The van der Waals surface area contributed by atoms with Crippen molar-refractivity contribution >= 4 is 13.1 Å². The molecule has 14 heavy (non-hydrogen) atoms. The van der Waals surface area contributed by atoms with Gasteiger partial charge in [-0.05, 0) is 18.8 Å². The SMILES string of the molecule is CCOC(=O)C1C(B(O)O)C1C(C)C. The van der Waals surface area contributed by atoms with Crippen molar-refractivity contribution in [2.24, 2.45) is 17.8 Å². The van der Waals surface area contributed by atoms with Crippen molar-refractivity contribution in [2.75, 3.05) is 6.61 Å². The van der Waals surface area contributed by atoms with Crippen molar-refractivity contribution in [1.29, 1.82) is 0 Å². The third-order valence-electron chi connectivity index (χ3n) is 2.81. The van der Waals surface area contributed by atoms with E-state index in [1.54, 1.807) is 6.92 Å². The van der Waals surface area contributed by atoms with Gasteiger partial charge in [0.2, 0.25) is 0 Å². The zero-order valence-corrected chi connectivity index (χ0v) is 8.80. The molecule has 2 N–H and O–H groups in total. The fraction of sp³-hybridized carbons (Fsp3) is 0.889. The number of rotatable bonds is 4. The molecule has 0 spiro atoms. The second-order valence-corrected chi connectivity index (χ2v) is 4.09. The van der Waals surface area contributed by atoms with Crippen LogP contribution in [0.5, 0.6) is 0 Å². The molecule has 3 unspecified atom stereocenters. The van der Waals surface area contributed by atoms with E-state index in [4.69, 9.17) is 14.8 Å². The molecular formula is C9H17BO4. The van der Waals surface area contributed by atoms with Gasteiger partial charge in [0.1, 0.15) is 0 Å². The Hall–Kier alpha value is -0.545. The first-order chi connectivity index (χ1) is 6.50. The van der Waals surface area contributed by atoms with Crippen LogP contribution >= 0.6 is 0 Å². The summed E-state index contributed by atoms with van der Waals surface area (Å²) in [5, 5.41) is 18.1. The lowest BCUT2D eigenvalue weighted by atomic mass is 9.79. The van der Waals surface area contributed by atoms with Crippen LogP contribution in [0.3, 0.4) is 0 Å². The van der Waals surface area contributed by atoms with Crippen molar-refractivity contribution in [2.45, 2.75) is 26.6 Å². The highest BCUT2D eigenvalue weighted by molar-refractivity contribution is 6.45. The van der Waals surface area contributed by atoms with Crippen molar-refractivity contribution < 1.29 is 19.6 Å². The van der Waals surface area contributed by atoms with E-state index in [-0.39, 0.29) is 29.5 Å². The molecule has 80 valence electrons. The molecule has 0 bridgehead atoms. The van der Waals surface area contributed by atoms with Gasteiger partial charge in [0.25, 0.3) is 0 Å². The minimum atomic E-state index is -1.41. The van der Waals surface area contributed by atoms with Crippen LogP contribution in [-0.2, 0) is 9.53 Å². The fourth-order valence-electron chi connectivity index (χ4n) is 2.16. The summed E-state index contributed by atoms with van der Waals surface area (Å²) in [6, 6.07) is 0. The quantitative estimate of drug-likeness (QED) is 0.505. The Labute approximate surface area is 84.4 Å². The predicted molar refractivity (Wildman–Crippen MR) is 52.4 cm³/mol. The van der Waals surface area contributed by atoms with Gasteiger partial charge in [0, 0.05) is 5.82 Å². The number of hydrogen-bond donors (Lipinski definition) is 2. The molecule has 0 aliphatic heterocycles. The number of carbonyl (C=O) groups excluding carboxylic acids is 1. The lowest BCUT2D eigenvalue weighted by molar-refractivity contribution is -0.145.